The smallest absolute Gasteiger partial charge is 0.227 e. The van der Waals surface area contributed by atoms with Crippen molar-refractivity contribution in [3.8, 4) is 11.5 Å². The van der Waals surface area contributed by atoms with Gasteiger partial charge in [-0.1, -0.05) is 31.4 Å². The number of nitrogens with one attached hydrogen (secondary N) is 1. The largest absolute Gasteiger partial charge is 0.493 e. The van der Waals surface area contributed by atoms with Crippen LogP contribution in [0.4, 0.5) is 11.6 Å². The van der Waals surface area contributed by atoms with Crippen molar-refractivity contribution in [1.29, 1.82) is 0 Å². The molecule has 0 spiro atoms. The Morgan fingerprint density at radius 2 is 1.63 bits per heavy atom. The highest BCUT2D eigenvalue weighted by Gasteiger charge is 2.15. The van der Waals surface area contributed by atoms with Crippen molar-refractivity contribution < 1.29 is 9.47 Å². The van der Waals surface area contributed by atoms with Crippen molar-refractivity contribution >= 4 is 22.5 Å². The third-order valence-corrected chi connectivity index (χ3v) is 5.33. The summed E-state index contributed by atoms with van der Waals surface area (Å²) in [6, 6.07) is 12.4. The second-order valence-electron chi connectivity index (χ2n) is 7.04. The maximum Gasteiger partial charge on any atom is 0.227 e. The van der Waals surface area contributed by atoms with E-state index in [-0.39, 0.29) is 0 Å². The number of ether oxygens (including phenoxy) is 2. The first kappa shape index (κ1) is 17.6. The Labute approximate surface area is 159 Å². The molecule has 0 atom stereocenters. The van der Waals surface area contributed by atoms with E-state index in [1.165, 1.54) is 37.7 Å². The van der Waals surface area contributed by atoms with Gasteiger partial charge in [0, 0.05) is 23.3 Å². The van der Waals surface area contributed by atoms with Gasteiger partial charge < -0.3 is 14.8 Å². The van der Waals surface area contributed by atoms with Crippen molar-refractivity contribution in [3.05, 3.63) is 48.2 Å². The van der Waals surface area contributed by atoms with Gasteiger partial charge in [-0.3, -0.25) is 0 Å². The van der Waals surface area contributed by atoms with Crippen LogP contribution in [0.1, 0.15) is 43.6 Å². The molecule has 1 N–H and O–H groups in total. The lowest BCUT2D eigenvalue weighted by molar-refractivity contribution is 0.356. The van der Waals surface area contributed by atoms with Crippen molar-refractivity contribution in [3.63, 3.8) is 0 Å². The maximum atomic E-state index is 5.37. The minimum atomic E-state index is 0.570. The number of rotatable bonds is 5. The summed E-state index contributed by atoms with van der Waals surface area (Å²) in [4.78, 5) is 9.04. The third-order valence-electron chi connectivity index (χ3n) is 5.33. The van der Waals surface area contributed by atoms with Crippen molar-refractivity contribution in [2.45, 2.75) is 38.0 Å². The molecule has 1 saturated carbocycles. The van der Waals surface area contributed by atoms with Crippen LogP contribution in [0, 0.1) is 0 Å². The molecule has 1 aromatic heterocycles. The summed E-state index contributed by atoms with van der Waals surface area (Å²) >= 11 is 0. The van der Waals surface area contributed by atoms with Crippen LogP contribution in [0.25, 0.3) is 10.9 Å². The molecular weight excluding hydrogens is 338 g/mol. The second kappa shape index (κ2) is 7.82. The molecule has 3 aromatic rings. The predicted molar refractivity (Wildman–Crippen MR) is 108 cm³/mol. The molecule has 2 aromatic carbocycles. The van der Waals surface area contributed by atoms with Crippen LogP contribution >= 0.6 is 0 Å². The molecule has 0 saturated heterocycles. The molecule has 0 bridgehead atoms. The number of aromatic nitrogens is 2. The molecule has 140 valence electrons. The van der Waals surface area contributed by atoms with Gasteiger partial charge in [-0.2, -0.15) is 0 Å². The normalized spacial score (nSPS) is 14.9. The zero-order valence-corrected chi connectivity index (χ0v) is 15.9. The number of methoxy groups -OCH3 is 2. The first-order chi connectivity index (χ1) is 13.3. The van der Waals surface area contributed by atoms with Gasteiger partial charge in [-0.05, 0) is 42.5 Å². The zero-order valence-electron chi connectivity index (χ0n) is 15.9. The van der Waals surface area contributed by atoms with E-state index in [0.717, 1.165) is 16.6 Å². The Balaban J connectivity index is 1.54. The fraction of sp³-hybridized carbons (Fsp3) is 0.364. The topological polar surface area (TPSA) is 56.3 Å². The Morgan fingerprint density at radius 1 is 0.926 bits per heavy atom. The molecule has 4 rings (SSSR count). The van der Waals surface area contributed by atoms with Crippen LogP contribution in [-0.4, -0.2) is 24.2 Å². The van der Waals surface area contributed by atoms with Gasteiger partial charge in [0.15, 0.2) is 11.5 Å². The molecule has 1 fully saturated rings. The Kier molecular flexibility index (Phi) is 5.10. The van der Waals surface area contributed by atoms with Gasteiger partial charge in [0.1, 0.15) is 0 Å². The highest BCUT2D eigenvalue weighted by molar-refractivity contribution is 5.83. The molecular formula is C22H25N3O2. The Bertz CT molecular complexity index is 919. The minimum absolute atomic E-state index is 0.570. The third kappa shape index (κ3) is 3.82. The first-order valence-electron chi connectivity index (χ1n) is 9.52. The van der Waals surface area contributed by atoms with Crippen molar-refractivity contribution in [2.75, 3.05) is 19.5 Å². The van der Waals surface area contributed by atoms with Crippen LogP contribution < -0.4 is 14.8 Å². The predicted octanol–water partition coefficient (Wildman–Crippen LogP) is 5.44. The molecule has 0 radical (unpaired) electrons. The number of hydrogen-bond acceptors (Lipinski definition) is 5. The lowest BCUT2D eigenvalue weighted by atomic mass is 9.84. The molecule has 5 nitrogen and oxygen atoms in total. The molecule has 27 heavy (non-hydrogen) atoms. The summed E-state index contributed by atoms with van der Waals surface area (Å²) in [6.45, 7) is 0. The highest BCUT2D eigenvalue weighted by atomic mass is 16.5. The van der Waals surface area contributed by atoms with Crippen molar-refractivity contribution in [2.24, 2.45) is 0 Å². The van der Waals surface area contributed by atoms with Gasteiger partial charge in [0.05, 0.1) is 19.7 Å². The first-order valence-corrected chi connectivity index (χ1v) is 9.52. The maximum absolute atomic E-state index is 5.37. The van der Waals surface area contributed by atoms with Crippen LogP contribution in [0.3, 0.4) is 0 Å². The Hall–Kier alpha value is -2.82. The highest BCUT2D eigenvalue weighted by Crippen LogP contribution is 2.34. The number of nitrogens with zero attached hydrogens (tertiary/aromatic N) is 2. The lowest BCUT2D eigenvalue weighted by Gasteiger charge is -2.22. The van der Waals surface area contributed by atoms with Crippen LogP contribution in [-0.2, 0) is 0 Å². The van der Waals surface area contributed by atoms with Gasteiger partial charge in [-0.15, -0.1) is 0 Å². The summed E-state index contributed by atoms with van der Waals surface area (Å²) in [7, 11) is 3.25. The molecule has 0 unspecified atom stereocenters. The van der Waals surface area contributed by atoms with Gasteiger partial charge in [0.2, 0.25) is 5.95 Å². The quantitative estimate of drug-likeness (QED) is 0.654. The standard InChI is InChI=1S/C22H25N3O2/c1-26-20-12-17-14-23-22(25-19(17)13-21(20)27-2)24-18-10-8-16(9-11-18)15-6-4-3-5-7-15/h8-15H,3-7H2,1-2H3,(H,23,24,25). The molecule has 0 amide bonds. The van der Waals surface area contributed by atoms with E-state index in [1.807, 2.05) is 12.1 Å². The summed E-state index contributed by atoms with van der Waals surface area (Å²) in [5, 5.41) is 4.21. The van der Waals surface area contributed by atoms with E-state index in [4.69, 9.17) is 9.47 Å². The van der Waals surface area contributed by atoms with E-state index in [9.17, 15) is 0 Å². The monoisotopic (exact) mass is 363 g/mol. The van der Waals surface area contributed by atoms with Crippen LogP contribution in [0.2, 0.25) is 0 Å². The summed E-state index contributed by atoms with van der Waals surface area (Å²) < 4.78 is 10.7. The number of hydrogen-bond donors (Lipinski definition) is 1. The van der Waals surface area contributed by atoms with Gasteiger partial charge in [0.25, 0.3) is 0 Å². The van der Waals surface area contributed by atoms with Gasteiger partial charge >= 0.3 is 0 Å². The molecule has 5 heteroatoms. The van der Waals surface area contributed by atoms with E-state index in [0.29, 0.717) is 23.4 Å². The SMILES string of the molecule is COc1cc2cnc(Nc3ccc(C4CCCCC4)cc3)nc2cc1OC. The zero-order chi connectivity index (χ0) is 18.6. The molecule has 1 heterocycles. The van der Waals surface area contributed by atoms with E-state index >= 15 is 0 Å². The number of anilines is 2. The fourth-order valence-corrected chi connectivity index (χ4v) is 3.82. The number of fused-ring (bicyclic) bond motifs is 1. The fourth-order valence-electron chi connectivity index (χ4n) is 3.82. The van der Waals surface area contributed by atoms with E-state index in [1.54, 1.807) is 20.4 Å². The molecule has 1 aliphatic rings. The van der Waals surface area contributed by atoms with Crippen LogP contribution in [0.15, 0.2) is 42.6 Å². The van der Waals surface area contributed by atoms with Crippen molar-refractivity contribution in [1.82, 2.24) is 9.97 Å². The van der Waals surface area contributed by atoms with E-state index in [2.05, 4.69) is 39.6 Å². The van der Waals surface area contributed by atoms with Crippen LogP contribution in [0.5, 0.6) is 11.5 Å². The molecule has 1 aliphatic carbocycles. The summed E-state index contributed by atoms with van der Waals surface area (Å²) in [5.41, 5.74) is 3.25. The van der Waals surface area contributed by atoms with E-state index < -0.39 is 0 Å². The summed E-state index contributed by atoms with van der Waals surface area (Å²) in [5.74, 6) is 2.62. The second-order valence-corrected chi connectivity index (χ2v) is 7.04. The minimum Gasteiger partial charge on any atom is -0.493 e. The molecule has 0 aliphatic heterocycles. The Morgan fingerprint density at radius 3 is 2.33 bits per heavy atom. The lowest BCUT2D eigenvalue weighted by Crippen LogP contribution is -2.04. The average Bonchev–Trinajstić information content (AvgIpc) is 2.74. The van der Waals surface area contributed by atoms with Gasteiger partial charge in [-0.25, -0.2) is 9.97 Å². The summed E-state index contributed by atoms with van der Waals surface area (Å²) in [6.07, 6.45) is 8.50. The number of benzene rings is 2. The average molecular weight is 363 g/mol.